The zero-order valence-electron chi connectivity index (χ0n) is 9.58. The van der Waals surface area contributed by atoms with Crippen molar-refractivity contribution in [2.45, 2.75) is 19.4 Å². The number of ether oxygens (including phenoxy) is 1. The van der Waals surface area contributed by atoms with Crippen molar-refractivity contribution in [1.82, 2.24) is 0 Å². The molecule has 18 heavy (non-hydrogen) atoms. The van der Waals surface area contributed by atoms with Crippen molar-refractivity contribution in [2.24, 2.45) is 5.73 Å². The zero-order chi connectivity index (χ0) is 13.0. The minimum Gasteiger partial charge on any atom is -0.466 e. The van der Waals surface area contributed by atoms with Gasteiger partial charge in [0, 0.05) is 17.7 Å². The average Bonchev–Trinajstić information content (AvgIpc) is 2.23. The quantitative estimate of drug-likeness (QED) is 0.682. The summed E-state index contributed by atoms with van der Waals surface area (Å²) in [7, 11) is 0. The van der Waals surface area contributed by atoms with Gasteiger partial charge < -0.3 is 10.5 Å². The lowest BCUT2D eigenvalue weighted by Gasteiger charge is -2.12. The standard InChI is InChI=1S/C11H12F3NO2.ClH/c1-2-17-10(16)5-9(15)7-3-6(12)4-8(13)11(7)14;/h3-4,9H,2,5,15H2,1H3;1H/t9-;/m1./s1. The van der Waals surface area contributed by atoms with E-state index < -0.39 is 29.5 Å². The first-order valence-corrected chi connectivity index (χ1v) is 5.01. The molecule has 0 aliphatic carbocycles. The third-order valence-electron chi connectivity index (χ3n) is 2.11. The fraction of sp³-hybridized carbons (Fsp3) is 0.364. The monoisotopic (exact) mass is 283 g/mol. The third kappa shape index (κ3) is 4.19. The summed E-state index contributed by atoms with van der Waals surface area (Å²) in [5, 5.41) is 0. The van der Waals surface area contributed by atoms with Gasteiger partial charge in [-0.2, -0.15) is 0 Å². The highest BCUT2D eigenvalue weighted by Gasteiger charge is 2.19. The van der Waals surface area contributed by atoms with E-state index >= 15 is 0 Å². The zero-order valence-corrected chi connectivity index (χ0v) is 10.4. The van der Waals surface area contributed by atoms with Crippen molar-refractivity contribution in [1.29, 1.82) is 0 Å². The maximum Gasteiger partial charge on any atom is 0.307 e. The molecule has 0 unspecified atom stereocenters. The Kier molecular flexibility index (Phi) is 6.72. The molecule has 0 amide bonds. The minimum absolute atomic E-state index is 0. The second-order valence-corrected chi connectivity index (χ2v) is 3.41. The molecule has 1 aromatic rings. The Morgan fingerprint density at radius 1 is 1.39 bits per heavy atom. The lowest BCUT2D eigenvalue weighted by atomic mass is 10.0. The highest BCUT2D eigenvalue weighted by atomic mass is 35.5. The van der Waals surface area contributed by atoms with Gasteiger partial charge in [0.25, 0.3) is 0 Å². The Morgan fingerprint density at radius 2 is 2.00 bits per heavy atom. The van der Waals surface area contributed by atoms with Crippen LogP contribution in [0.2, 0.25) is 0 Å². The number of esters is 1. The average molecular weight is 284 g/mol. The molecule has 0 radical (unpaired) electrons. The summed E-state index contributed by atoms with van der Waals surface area (Å²) >= 11 is 0. The van der Waals surface area contributed by atoms with Gasteiger partial charge in [0.2, 0.25) is 0 Å². The number of carbonyl (C=O) groups excluding carboxylic acids is 1. The van der Waals surface area contributed by atoms with Crippen LogP contribution in [0.3, 0.4) is 0 Å². The molecule has 0 saturated heterocycles. The van der Waals surface area contributed by atoms with E-state index in [4.69, 9.17) is 5.73 Å². The van der Waals surface area contributed by atoms with Crippen LogP contribution in [-0.4, -0.2) is 12.6 Å². The smallest absolute Gasteiger partial charge is 0.307 e. The van der Waals surface area contributed by atoms with Crippen LogP contribution in [0, 0.1) is 17.5 Å². The Morgan fingerprint density at radius 3 is 2.56 bits per heavy atom. The number of benzene rings is 1. The van der Waals surface area contributed by atoms with Gasteiger partial charge in [-0.15, -0.1) is 12.4 Å². The van der Waals surface area contributed by atoms with E-state index in [1.54, 1.807) is 6.92 Å². The van der Waals surface area contributed by atoms with E-state index in [9.17, 15) is 18.0 Å². The molecule has 0 aromatic heterocycles. The van der Waals surface area contributed by atoms with Gasteiger partial charge in [-0.05, 0) is 13.0 Å². The molecule has 0 heterocycles. The van der Waals surface area contributed by atoms with Gasteiger partial charge in [-0.1, -0.05) is 0 Å². The highest BCUT2D eigenvalue weighted by Crippen LogP contribution is 2.22. The molecule has 2 N–H and O–H groups in total. The van der Waals surface area contributed by atoms with E-state index in [1.165, 1.54) is 0 Å². The van der Waals surface area contributed by atoms with Crippen LogP contribution < -0.4 is 5.73 Å². The molecular formula is C11H13ClF3NO2. The molecule has 1 aromatic carbocycles. The molecule has 1 atom stereocenters. The van der Waals surface area contributed by atoms with Crippen LogP contribution in [0.25, 0.3) is 0 Å². The molecule has 0 fully saturated rings. The summed E-state index contributed by atoms with van der Waals surface area (Å²) in [6.45, 7) is 1.76. The number of rotatable bonds is 4. The largest absolute Gasteiger partial charge is 0.466 e. The minimum atomic E-state index is -1.33. The Labute approximate surface area is 109 Å². The lowest BCUT2D eigenvalue weighted by molar-refractivity contribution is -0.143. The van der Waals surface area contributed by atoms with Crippen LogP contribution in [0.4, 0.5) is 13.2 Å². The lowest BCUT2D eigenvalue weighted by Crippen LogP contribution is -2.19. The normalized spacial score (nSPS) is 11.6. The van der Waals surface area contributed by atoms with Gasteiger partial charge in [-0.3, -0.25) is 4.79 Å². The summed E-state index contributed by atoms with van der Waals surface area (Å²) in [6.07, 6.45) is -0.340. The third-order valence-corrected chi connectivity index (χ3v) is 2.11. The van der Waals surface area contributed by atoms with Gasteiger partial charge in [0.1, 0.15) is 5.82 Å². The van der Waals surface area contributed by atoms with Crippen LogP contribution in [0.5, 0.6) is 0 Å². The van der Waals surface area contributed by atoms with Crippen LogP contribution in [-0.2, 0) is 9.53 Å². The van der Waals surface area contributed by atoms with Crippen LogP contribution >= 0.6 is 12.4 Å². The van der Waals surface area contributed by atoms with Gasteiger partial charge in [0.05, 0.1) is 13.0 Å². The van der Waals surface area contributed by atoms with Crippen molar-refractivity contribution in [3.8, 4) is 0 Å². The van der Waals surface area contributed by atoms with Gasteiger partial charge in [-0.25, -0.2) is 13.2 Å². The van der Waals surface area contributed by atoms with Crippen molar-refractivity contribution in [3.05, 3.63) is 35.1 Å². The molecule has 0 aliphatic heterocycles. The second-order valence-electron chi connectivity index (χ2n) is 3.41. The Hall–Kier alpha value is -1.27. The van der Waals surface area contributed by atoms with Gasteiger partial charge in [0.15, 0.2) is 11.6 Å². The fourth-order valence-corrected chi connectivity index (χ4v) is 1.36. The first kappa shape index (κ1) is 16.7. The molecule has 0 saturated carbocycles. The molecule has 0 spiro atoms. The van der Waals surface area contributed by atoms with E-state index in [2.05, 4.69) is 4.74 Å². The van der Waals surface area contributed by atoms with Crippen molar-refractivity contribution in [3.63, 3.8) is 0 Å². The Balaban J connectivity index is 0.00000289. The summed E-state index contributed by atoms with van der Waals surface area (Å²) in [4.78, 5) is 11.1. The van der Waals surface area contributed by atoms with E-state index in [0.29, 0.717) is 6.07 Å². The van der Waals surface area contributed by atoms with Crippen LogP contribution in [0.15, 0.2) is 12.1 Å². The number of halogens is 4. The van der Waals surface area contributed by atoms with Crippen LogP contribution in [0.1, 0.15) is 24.9 Å². The topological polar surface area (TPSA) is 52.3 Å². The molecule has 3 nitrogen and oxygen atoms in total. The maximum absolute atomic E-state index is 13.3. The van der Waals surface area contributed by atoms with E-state index in [-0.39, 0.29) is 31.0 Å². The summed E-state index contributed by atoms with van der Waals surface area (Å²) in [6, 6.07) is 0.0392. The molecule has 7 heteroatoms. The number of carbonyl (C=O) groups is 1. The summed E-state index contributed by atoms with van der Waals surface area (Å²) in [5.74, 6) is -4.18. The van der Waals surface area contributed by atoms with E-state index in [1.807, 2.05) is 0 Å². The van der Waals surface area contributed by atoms with Crippen molar-refractivity contribution in [2.75, 3.05) is 6.61 Å². The number of hydrogen-bond acceptors (Lipinski definition) is 3. The molecule has 0 bridgehead atoms. The van der Waals surface area contributed by atoms with Crippen molar-refractivity contribution < 1.29 is 22.7 Å². The van der Waals surface area contributed by atoms with Gasteiger partial charge >= 0.3 is 5.97 Å². The summed E-state index contributed by atoms with van der Waals surface area (Å²) in [5.41, 5.74) is 5.11. The summed E-state index contributed by atoms with van der Waals surface area (Å²) < 4.78 is 43.7. The molecule has 0 aliphatic rings. The first-order chi connectivity index (χ1) is 7.95. The predicted octanol–water partition coefficient (Wildman–Crippen LogP) is 2.48. The fourth-order valence-electron chi connectivity index (χ4n) is 1.36. The van der Waals surface area contributed by atoms with Crippen molar-refractivity contribution >= 4 is 18.4 Å². The SMILES string of the molecule is CCOC(=O)C[C@@H](N)c1cc(F)cc(F)c1F.Cl. The van der Waals surface area contributed by atoms with E-state index in [0.717, 1.165) is 6.07 Å². The maximum atomic E-state index is 13.3. The predicted molar refractivity (Wildman–Crippen MR) is 61.7 cm³/mol. The molecular weight excluding hydrogens is 271 g/mol. The first-order valence-electron chi connectivity index (χ1n) is 5.01. The Bertz CT molecular complexity index is 429. The highest BCUT2D eigenvalue weighted by molar-refractivity contribution is 5.85. The number of hydrogen-bond donors (Lipinski definition) is 1. The number of nitrogens with two attached hydrogens (primary N) is 1. The molecule has 1 rings (SSSR count). The second kappa shape index (κ2) is 7.23. The molecule has 102 valence electrons.